The molecule has 3 aliphatic rings. The first-order chi connectivity index (χ1) is 7.44. The summed E-state index contributed by atoms with van der Waals surface area (Å²) in [6.45, 7) is 4.60. The van der Waals surface area contributed by atoms with Gasteiger partial charge in [0.1, 0.15) is 0 Å². The van der Waals surface area contributed by atoms with Crippen LogP contribution in [0.1, 0.15) is 39.5 Å². The lowest BCUT2D eigenvalue weighted by Gasteiger charge is -2.31. The van der Waals surface area contributed by atoms with Gasteiger partial charge in [-0.2, -0.15) is 0 Å². The van der Waals surface area contributed by atoms with Crippen molar-refractivity contribution in [2.45, 2.75) is 45.6 Å². The highest BCUT2D eigenvalue weighted by molar-refractivity contribution is 5.91. The number of likely N-dealkylation sites (tertiary alicyclic amines) is 1. The highest BCUT2D eigenvalue weighted by atomic mass is 16.3. The molecule has 2 spiro atoms. The largest absolute Gasteiger partial charge is 0.394 e. The molecular weight excluding hydrogens is 202 g/mol. The SMILES string of the molecule is CN1C(=O)[C@]2(C[C@H]1CO)C(C)(C)C21CCC1. The van der Waals surface area contributed by atoms with Crippen LogP contribution in [-0.2, 0) is 4.79 Å². The Labute approximate surface area is 96.8 Å². The molecule has 0 aromatic carbocycles. The minimum absolute atomic E-state index is 0.0479. The number of fused-ring (bicyclic) bond motifs is 1. The van der Waals surface area contributed by atoms with Crippen molar-refractivity contribution in [1.82, 2.24) is 4.90 Å². The van der Waals surface area contributed by atoms with Crippen LogP contribution in [-0.4, -0.2) is 35.6 Å². The summed E-state index contributed by atoms with van der Waals surface area (Å²) in [5.74, 6) is 0.288. The van der Waals surface area contributed by atoms with Crippen LogP contribution in [0.4, 0.5) is 0 Å². The van der Waals surface area contributed by atoms with Gasteiger partial charge in [-0.1, -0.05) is 20.3 Å². The van der Waals surface area contributed by atoms with E-state index in [-0.39, 0.29) is 34.8 Å². The van der Waals surface area contributed by atoms with E-state index in [0.717, 1.165) is 6.42 Å². The van der Waals surface area contributed by atoms with Gasteiger partial charge in [-0.3, -0.25) is 4.79 Å². The van der Waals surface area contributed by atoms with Crippen LogP contribution >= 0.6 is 0 Å². The lowest BCUT2D eigenvalue weighted by molar-refractivity contribution is -0.134. The second-order valence-corrected chi connectivity index (χ2v) is 6.42. The van der Waals surface area contributed by atoms with Gasteiger partial charge in [0.15, 0.2) is 0 Å². The maximum atomic E-state index is 12.5. The average molecular weight is 223 g/mol. The Morgan fingerprint density at radius 1 is 1.44 bits per heavy atom. The van der Waals surface area contributed by atoms with Crippen LogP contribution in [0.25, 0.3) is 0 Å². The molecule has 16 heavy (non-hydrogen) atoms. The Bertz CT molecular complexity index is 359. The van der Waals surface area contributed by atoms with Gasteiger partial charge in [0.2, 0.25) is 5.91 Å². The fourth-order valence-corrected chi connectivity index (χ4v) is 4.89. The predicted molar refractivity (Wildman–Crippen MR) is 60.8 cm³/mol. The van der Waals surface area contributed by atoms with Gasteiger partial charge >= 0.3 is 0 Å². The van der Waals surface area contributed by atoms with Gasteiger partial charge in [-0.05, 0) is 30.1 Å². The minimum atomic E-state index is -0.138. The van der Waals surface area contributed by atoms with E-state index in [1.54, 1.807) is 4.90 Å². The summed E-state index contributed by atoms with van der Waals surface area (Å²) < 4.78 is 0. The number of nitrogens with zero attached hydrogens (tertiary/aromatic N) is 1. The van der Waals surface area contributed by atoms with Gasteiger partial charge in [0, 0.05) is 7.05 Å². The molecular formula is C13H21NO2. The number of hydrogen-bond acceptors (Lipinski definition) is 2. The maximum Gasteiger partial charge on any atom is 0.230 e. The third-order valence-corrected chi connectivity index (χ3v) is 6.21. The second kappa shape index (κ2) is 2.63. The number of carbonyl (C=O) groups excluding carboxylic acids is 1. The summed E-state index contributed by atoms with van der Waals surface area (Å²) >= 11 is 0. The summed E-state index contributed by atoms with van der Waals surface area (Å²) in [4.78, 5) is 14.3. The quantitative estimate of drug-likeness (QED) is 0.730. The summed E-state index contributed by atoms with van der Waals surface area (Å²) in [6.07, 6.45) is 4.55. The molecule has 1 amide bonds. The number of aliphatic hydroxyl groups is 1. The highest BCUT2D eigenvalue weighted by Crippen LogP contribution is 2.88. The van der Waals surface area contributed by atoms with Crippen molar-refractivity contribution in [3.63, 3.8) is 0 Å². The molecule has 2 saturated carbocycles. The predicted octanol–water partition coefficient (Wildman–Crippen LogP) is 1.41. The molecule has 0 radical (unpaired) electrons. The zero-order valence-electron chi connectivity index (χ0n) is 10.4. The zero-order chi connectivity index (χ0) is 11.8. The molecule has 0 bridgehead atoms. The van der Waals surface area contributed by atoms with Crippen molar-refractivity contribution in [1.29, 1.82) is 0 Å². The molecule has 3 rings (SSSR count). The fraction of sp³-hybridized carbons (Fsp3) is 0.923. The first-order valence-electron chi connectivity index (χ1n) is 6.33. The van der Waals surface area contributed by atoms with E-state index >= 15 is 0 Å². The first-order valence-corrected chi connectivity index (χ1v) is 6.33. The summed E-state index contributed by atoms with van der Waals surface area (Å²) in [6, 6.07) is 0.0479. The molecule has 2 aliphatic carbocycles. The van der Waals surface area contributed by atoms with Crippen molar-refractivity contribution in [3.05, 3.63) is 0 Å². The van der Waals surface area contributed by atoms with Gasteiger partial charge in [-0.25, -0.2) is 0 Å². The van der Waals surface area contributed by atoms with Crippen molar-refractivity contribution in [2.24, 2.45) is 16.2 Å². The van der Waals surface area contributed by atoms with Crippen LogP contribution < -0.4 is 0 Å². The van der Waals surface area contributed by atoms with Gasteiger partial charge < -0.3 is 10.0 Å². The third-order valence-electron chi connectivity index (χ3n) is 6.21. The number of aliphatic hydroxyl groups excluding tert-OH is 1. The van der Waals surface area contributed by atoms with Crippen molar-refractivity contribution >= 4 is 5.91 Å². The van der Waals surface area contributed by atoms with Gasteiger partial charge in [-0.15, -0.1) is 0 Å². The maximum absolute atomic E-state index is 12.5. The van der Waals surface area contributed by atoms with E-state index in [0.29, 0.717) is 0 Å². The summed E-state index contributed by atoms with van der Waals surface area (Å²) in [7, 11) is 1.85. The third kappa shape index (κ3) is 0.727. The molecule has 0 aromatic heterocycles. The van der Waals surface area contributed by atoms with E-state index < -0.39 is 0 Å². The molecule has 1 aliphatic heterocycles. The lowest BCUT2D eigenvalue weighted by Crippen LogP contribution is -2.33. The Morgan fingerprint density at radius 3 is 2.38 bits per heavy atom. The molecule has 3 fully saturated rings. The minimum Gasteiger partial charge on any atom is -0.394 e. The van der Waals surface area contributed by atoms with Crippen LogP contribution in [0.5, 0.6) is 0 Å². The molecule has 3 nitrogen and oxygen atoms in total. The normalized spacial score (nSPS) is 42.9. The smallest absolute Gasteiger partial charge is 0.230 e. The number of carbonyl (C=O) groups is 1. The standard InChI is InChI=1S/C13H21NO2/c1-11(2)12(5-4-6-12)13(11)7-9(8-15)14(3)10(13)16/h9,15H,4-8H2,1-3H3/t9-,13+/m0/s1. The van der Waals surface area contributed by atoms with E-state index in [1.165, 1.54) is 19.3 Å². The Hall–Kier alpha value is -0.570. The topological polar surface area (TPSA) is 40.5 Å². The van der Waals surface area contributed by atoms with E-state index in [1.807, 2.05) is 7.05 Å². The number of likely N-dealkylation sites (N-methyl/N-ethyl adjacent to an activating group) is 1. The van der Waals surface area contributed by atoms with E-state index in [9.17, 15) is 9.90 Å². The molecule has 3 heteroatoms. The Balaban J connectivity index is 2.00. The molecule has 2 atom stereocenters. The van der Waals surface area contributed by atoms with Crippen molar-refractivity contribution in [3.8, 4) is 0 Å². The fourth-order valence-electron chi connectivity index (χ4n) is 4.89. The summed E-state index contributed by atoms with van der Waals surface area (Å²) in [5, 5.41) is 9.35. The van der Waals surface area contributed by atoms with Crippen molar-refractivity contribution in [2.75, 3.05) is 13.7 Å². The first kappa shape index (κ1) is 10.6. The molecule has 1 heterocycles. The Kier molecular flexibility index (Phi) is 1.74. The van der Waals surface area contributed by atoms with Crippen LogP contribution in [0, 0.1) is 16.2 Å². The number of rotatable bonds is 1. The molecule has 1 saturated heterocycles. The lowest BCUT2D eigenvalue weighted by atomic mass is 9.73. The molecule has 0 unspecified atom stereocenters. The summed E-state index contributed by atoms with van der Waals surface area (Å²) in [5.41, 5.74) is 0.281. The van der Waals surface area contributed by atoms with Crippen LogP contribution in [0.3, 0.4) is 0 Å². The van der Waals surface area contributed by atoms with Gasteiger partial charge in [0.05, 0.1) is 18.1 Å². The van der Waals surface area contributed by atoms with Gasteiger partial charge in [0.25, 0.3) is 0 Å². The van der Waals surface area contributed by atoms with Crippen molar-refractivity contribution < 1.29 is 9.90 Å². The number of amides is 1. The number of hydrogen-bond donors (Lipinski definition) is 1. The zero-order valence-corrected chi connectivity index (χ0v) is 10.4. The van der Waals surface area contributed by atoms with E-state index in [2.05, 4.69) is 13.8 Å². The monoisotopic (exact) mass is 223 g/mol. The molecule has 0 aromatic rings. The second-order valence-electron chi connectivity index (χ2n) is 6.42. The highest BCUT2D eigenvalue weighted by Gasteiger charge is 2.88. The molecule has 1 N–H and O–H groups in total. The van der Waals surface area contributed by atoms with Crippen LogP contribution in [0.15, 0.2) is 0 Å². The molecule has 90 valence electrons. The van der Waals surface area contributed by atoms with Crippen LogP contribution in [0.2, 0.25) is 0 Å². The van der Waals surface area contributed by atoms with E-state index in [4.69, 9.17) is 0 Å². The Morgan fingerprint density at radius 2 is 2.06 bits per heavy atom. The average Bonchev–Trinajstić information content (AvgIpc) is 2.50.